The number of carbonyl (C=O) groups excluding carboxylic acids is 1. The van der Waals surface area contributed by atoms with Gasteiger partial charge in [0.2, 0.25) is 5.91 Å². The quantitative estimate of drug-likeness (QED) is 0.454. The molecule has 3 aromatic rings. The lowest BCUT2D eigenvalue weighted by Gasteiger charge is -2.02. The maximum absolute atomic E-state index is 12.0. The molecule has 3 N–H and O–H groups in total. The summed E-state index contributed by atoms with van der Waals surface area (Å²) in [6.07, 6.45) is 1.66. The number of fused-ring (bicyclic) bond motifs is 1. The predicted octanol–water partition coefficient (Wildman–Crippen LogP) is 1.70. The molecule has 0 fully saturated rings. The van der Waals surface area contributed by atoms with Crippen LogP contribution in [0.2, 0.25) is 0 Å². The molecule has 0 atom stereocenters. The second kappa shape index (κ2) is 8.05. The molecule has 0 unspecified atom stereocenters. The molecule has 1 heterocycles. The van der Waals surface area contributed by atoms with E-state index in [1.54, 1.807) is 30.3 Å². The standard InChI is InChI=1S/C19H16N4O4/c24-17(23-20-11-12-5-7-13(8-6-12)19(26)27)10-9-16-18(25)22-15-4-2-1-3-14(15)21-16/h1-8,11H,9-10H2,(H,22,25)(H,23,24)(H,26,27)/b20-11-. The molecule has 0 aliphatic rings. The second-order valence-corrected chi connectivity index (χ2v) is 5.75. The maximum Gasteiger partial charge on any atom is 0.335 e. The molecule has 1 aromatic heterocycles. The summed E-state index contributed by atoms with van der Waals surface area (Å²) in [7, 11) is 0. The minimum atomic E-state index is -1.01. The van der Waals surface area contributed by atoms with Crippen molar-refractivity contribution >= 4 is 29.1 Å². The zero-order valence-corrected chi connectivity index (χ0v) is 14.2. The number of nitrogens with one attached hydrogen (secondary N) is 2. The number of hydrazone groups is 1. The highest BCUT2D eigenvalue weighted by Crippen LogP contribution is 2.07. The monoisotopic (exact) mass is 364 g/mol. The van der Waals surface area contributed by atoms with Gasteiger partial charge in [-0.2, -0.15) is 5.10 Å². The number of hydrogen-bond acceptors (Lipinski definition) is 5. The third kappa shape index (κ3) is 4.63. The topological polar surface area (TPSA) is 125 Å². The number of aromatic amines is 1. The molecule has 0 radical (unpaired) electrons. The average Bonchev–Trinajstić information content (AvgIpc) is 2.66. The van der Waals surface area contributed by atoms with E-state index in [4.69, 9.17) is 5.11 Å². The van der Waals surface area contributed by atoms with E-state index in [9.17, 15) is 14.4 Å². The van der Waals surface area contributed by atoms with Gasteiger partial charge in [-0.1, -0.05) is 24.3 Å². The van der Waals surface area contributed by atoms with Crippen LogP contribution in [-0.2, 0) is 11.2 Å². The first-order valence-electron chi connectivity index (χ1n) is 8.16. The Bertz CT molecular complexity index is 1070. The van der Waals surface area contributed by atoms with Crippen LogP contribution >= 0.6 is 0 Å². The number of H-pyrrole nitrogens is 1. The van der Waals surface area contributed by atoms with Crippen molar-refractivity contribution in [2.45, 2.75) is 12.8 Å². The summed E-state index contributed by atoms with van der Waals surface area (Å²) >= 11 is 0. The van der Waals surface area contributed by atoms with Gasteiger partial charge in [-0.05, 0) is 29.8 Å². The summed E-state index contributed by atoms with van der Waals surface area (Å²) in [5.74, 6) is -1.37. The van der Waals surface area contributed by atoms with Crippen LogP contribution in [0.1, 0.15) is 28.0 Å². The average molecular weight is 364 g/mol. The molecule has 2 aromatic carbocycles. The highest BCUT2D eigenvalue weighted by atomic mass is 16.4. The third-order valence-electron chi connectivity index (χ3n) is 3.82. The smallest absolute Gasteiger partial charge is 0.335 e. The van der Waals surface area contributed by atoms with E-state index in [0.29, 0.717) is 16.6 Å². The van der Waals surface area contributed by atoms with Crippen LogP contribution in [0.4, 0.5) is 0 Å². The van der Waals surface area contributed by atoms with E-state index < -0.39 is 5.97 Å². The van der Waals surface area contributed by atoms with Crippen molar-refractivity contribution in [2.75, 3.05) is 0 Å². The molecule has 0 saturated heterocycles. The number of para-hydroxylation sites is 2. The van der Waals surface area contributed by atoms with Crippen LogP contribution in [0.5, 0.6) is 0 Å². The summed E-state index contributed by atoms with van der Waals surface area (Å²) in [5.41, 5.74) is 4.47. The molecule has 0 bridgehead atoms. The van der Waals surface area contributed by atoms with Crippen molar-refractivity contribution in [2.24, 2.45) is 5.10 Å². The zero-order valence-electron chi connectivity index (χ0n) is 14.2. The summed E-state index contributed by atoms with van der Waals surface area (Å²) in [6.45, 7) is 0. The molecular weight excluding hydrogens is 348 g/mol. The largest absolute Gasteiger partial charge is 0.478 e. The van der Waals surface area contributed by atoms with Crippen LogP contribution in [0.25, 0.3) is 11.0 Å². The fraction of sp³-hybridized carbons (Fsp3) is 0.105. The van der Waals surface area contributed by atoms with Gasteiger partial charge in [0.25, 0.3) is 5.56 Å². The van der Waals surface area contributed by atoms with Gasteiger partial charge in [0.05, 0.1) is 22.8 Å². The first-order valence-corrected chi connectivity index (χ1v) is 8.16. The maximum atomic E-state index is 12.0. The molecule has 8 heteroatoms. The lowest BCUT2D eigenvalue weighted by atomic mass is 10.1. The summed E-state index contributed by atoms with van der Waals surface area (Å²) in [6, 6.07) is 13.2. The molecule has 0 spiro atoms. The Labute approximate surface area is 153 Å². The van der Waals surface area contributed by atoms with Crippen LogP contribution < -0.4 is 11.0 Å². The van der Waals surface area contributed by atoms with E-state index in [1.807, 2.05) is 6.07 Å². The third-order valence-corrected chi connectivity index (χ3v) is 3.82. The number of aryl methyl sites for hydroxylation is 1. The number of amides is 1. The van der Waals surface area contributed by atoms with Crippen LogP contribution in [0.15, 0.2) is 58.4 Å². The highest BCUT2D eigenvalue weighted by Gasteiger charge is 2.07. The first kappa shape index (κ1) is 18.0. The van der Waals surface area contributed by atoms with Gasteiger partial charge in [-0.3, -0.25) is 9.59 Å². The molecule has 27 heavy (non-hydrogen) atoms. The molecule has 0 aliphatic carbocycles. The minimum Gasteiger partial charge on any atom is -0.478 e. The van der Waals surface area contributed by atoms with Gasteiger partial charge in [0.15, 0.2) is 0 Å². The number of hydrogen-bond donors (Lipinski definition) is 3. The molecule has 0 saturated carbocycles. The van der Waals surface area contributed by atoms with Gasteiger partial charge < -0.3 is 10.1 Å². The number of carbonyl (C=O) groups is 2. The normalized spacial score (nSPS) is 11.0. The Hall–Kier alpha value is -3.81. The molecule has 1 amide bonds. The van der Waals surface area contributed by atoms with Crippen LogP contribution in [0, 0.1) is 0 Å². The molecule has 136 valence electrons. The van der Waals surface area contributed by atoms with Gasteiger partial charge >= 0.3 is 5.97 Å². The first-order chi connectivity index (χ1) is 13.0. The summed E-state index contributed by atoms with van der Waals surface area (Å²) in [4.78, 5) is 41.7. The van der Waals surface area contributed by atoms with Gasteiger partial charge in [0, 0.05) is 12.8 Å². The molecule has 3 rings (SSSR count). The Morgan fingerprint density at radius 3 is 2.63 bits per heavy atom. The molecular formula is C19H16N4O4. The number of aromatic nitrogens is 2. The van der Waals surface area contributed by atoms with Crippen molar-refractivity contribution in [1.82, 2.24) is 15.4 Å². The van der Waals surface area contributed by atoms with E-state index in [-0.39, 0.29) is 35.6 Å². The number of carboxylic acid groups (broad SMARTS) is 1. The van der Waals surface area contributed by atoms with Crippen LogP contribution in [0.3, 0.4) is 0 Å². The lowest BCUT2D eigenvalue weighted by Crippen LogP contribution is -2.21. The van der Waals surface area contributed by atoms with Crippen molar-refractivity contribution < 1.29 is 14.7 Å². The number of nitrogens with zero attached hydrogens (tertiary/aromatic N) is 2. The van der Waals surface area contributed by atoms with Crippen molar-refractivity contribution in [1.29, 1.82) is 0 Å². The van der Waals surface area contributed by atoms with E-state index in [2.05, 4.69) is 20.5 Å². The van der Waals surface area contributed by atoms with E-state index in [1.165, 1.54) is 18.3 Å². The predicted molar refractivity (Wildman–Crippen MR) is 99.8 cm³/mol. The number of aromatic carboxylic acids is 1. The van der Waals surface area contributed by atoms with Crippen molar-refractivity contribution in [3.8, 4) is 0 Å². The Morgan fingerprint density at radius 2 is 1.89 bits per heavy atom. The summed E-state index contributed by atoms with van der Waals surface area (Å²) in [5, 5.41) is 12.7. The number of rotatable bonds is 6. The Kier molecular flexibility index (Phi) is 5.36. The zero-order chi connectivity index (χ0) is 19.2. The van der Waals surface area contributed by atoms with Gasteiger partial charge in [-0.25, -0.2) is 15.2 Å². The fourth-order valence-corrected chi connectivity index (χ4v) is 2.42. The SMILES string of the molecule is O=C(CCc1nc2ccccc2[nH]c1=O)N/N=C\c1ccc(C(=O)O)cc1. The number of carboxylic acids is 1. The van der Waals surface area contributed by atoms with Crippen molar-refractivity contribution in [3.63, 3.8) is 0 Å². The van der Waals surface area contributed by atoms with Crippen LogP contribution in [-0.4, -0.2) is 33.2 Å². The fourth-order valence-electron chi connectivity index (χ4n) is 2.42. The van der Waals surface area contributed by atoms with E-state index in [0.717, 1.165) is 0 Å². The van der Waals surface area contributed by atoms with Gasteiger partial charge in [-0.15, -0.1) is 0 Å². The second-order valence-electron chi connectivity index (χ2n) is 5.75. The Balaban J connectivity index is 1.56. The number of benzene rings is 2. The minimum absolute atomic E-state index is 0.0592. The van der Waals surface area contributed by atoms with E-state index >= 15 is 0 Å². The molecule has 0 aliphatic heterocycles. The van der Waals surface area contributed by atoms with Crippen molar-refractivity contribution in [3.05, 3.63) is 75.7 Å². The lowest BCUT2D eigenvalue weighted by molar-refractivity contribution is -0.121. The van der Waals surface area contributed by atoms with Gasteiger partial charge in [0.1, 0.15) is 5.69 Å². The highest BCUT2D eigenvalue weighted by molar-refractivity contribution is 5.89. The molecule has 8 nitrogen and oxygen atoms in total. The Morgan fingerprint density at radius 1 is 1.15 bits per heavy atom. The summed E-state index contributed by atoms with van der Waals surface area (Å²) < 4.78 is 0.